The van der Waals surface area contributed by atoms with E-state index in [1.54, 1.807) is 26.0 Å². The number of aliphatic hydroxyl groups is 2. The van der Waals surface area contributed by atoms with Gasteiger partial charge < -0.3 is 29.9 Å². The number of rotatable bonds is 10. The van der Waals surface area contributed by atoms with E-state index in [1.807, 2.05) is 25.1 Å². The molecule has 2 heterocycles. The topological polar surface area (TPSA) is 107 Å². The summed E-state index contributed by atoms with van der Waals surface area (Å²) in [5.41, 5.74) is 2.85. The van der Waals surface area contributed by atoms with Crippen molar-refractivity contribution < 1.29 is 19.7 Å². The predicted octanol–water partition coefficient (Wildman–Crippen LogP) is 4.22. The number of hydrogen-bond acceptors (Lipinski definition) is 8. The maximum Gasteiger partial charge on any atom is 0.258 e. The van der Waals surface area contributed by atoms with Crippen LogP contribution in [0.2, 0.25) is 0 Å². The molecule has 1 aromatic heterocycles. The molecule has 1 aromatic carbocycles. The lowest BCUT2D eigenvalue weighted by Gasteiger charge is -2.35. The summed E-state index contributed by atoms with van der Waals surface area (Å²) < 4.78 is 8.90. The van der Waals surface area contributed by atoms with Gasteiger partial charge >= 0.3 is 0 Å². The van der Waals surface area contributed by atoms with E-state index < -0.39 is 5.60 Å². The number of piperidine rings is 1. The Hall–Kier alpha value is -2.49. The molecule has 0 unspecified atom stereocenters. The number of nitrogens with zero attached hydrogens (tertiary/aromatic N) is 2. The van der Waals surface area contributed by atoms with Crippen molar-refractivity contribution in [3.63, 3.8) is 0 Å². The molecule has 0 atom stereocenters. The van der Waals surface area contributed by atoms with E-state index in [2.05, 4.69) is 19.9 Å². The summed E-state index contributed by atoms with van der Waals surface area (Å²) in [7, 11) is 0. The van der Waals surface area contributed by atoms with E-state index in [0.717, 1.165) is 42.9 Å². The van der Waals surface area contributed by atoms with Crippen LogP contribution in [0.5, 0.6) is 5.88 Å². The molecule has 2 aliphatic rings. The van der Waals surface area contributed by atoms with Crippen LogP contribution in [0.4, 0.5) is 17.2 Å². The predicted molar refractivity (Wildman–Crippen MR) is 141 cm³/mol. The van der Waals surface area contributed by atoms with Crippen LogP contribution in [0.25, 0.3) is 0 Å². The summed E-state index contributed by atoms with van der Waals surface area (Å²) in [6, 6.07) is 9.32. The summed E-state index contributed by atoms with van der Waals surface area (Å²) in [6.07, 6.45) is 4.97. The van der Waals surface area contributed by atoms with E-state index >= 15 is 0 Å². The van der Waals surface area contributed by atoms with Crippen LogP contribution in [-0.2, 0) is 0 Å². The molecule has 0 bridgehead atoms. The monoisotopic (exact) mass is 500 g/mol. The molecule has 4 rings (SSSR count). The highest BCUT2D eigenvalue weighted by molar-refractivity contribution is 8.00. The van der Waals surface area contributed by atoms with Crippen LogP contribution >= 0.6 is 11.9 Å². The van der Waals surface area contributed by atoms with Gasteiger partial charge in [0.05, 0.1) is 23.5 Å². The largest absolute Gasteiger partial charge is 0.475 e. The van der Waals surface area contributed by atoms with Gasteiger partial charge in [-0.1, -0.05) is 11.9 Å². The van der Waals surface area contributed by atoms with Gasteiger partial charge in [0.2, 0.25) is 5.88 Å². The number of nitrogens with one attached hydrogen (secondary N) is 2. The molecule has 1 aliphatic carbocycles. The van der Waals surface area contributed by atoms with Gasteiger partial charge in [0.25, 0.3) is 5.91 Å². The molecule has 1 saturated carbocycles. The second-order valence-electron chi connectivity index (χ2n) is 10.3. The van der Waals surface area contributed by atoms with Crippen molar-refractivity contribution in [2.45, 2.75) is 52.1 Å². The Morgan fingerprint density at radius 2 is 1.94 bits per heavy atom. The summed E-state index contributed by atoms with van der Waals surface area (Å²) in [5, 5.41) is 22.0. The van der Waals surface area contributed by atoms with Gasteiger partial charge in [-0.15, -0.1) is 0 Å². The highest BCUT2D eigenvalue weighted by atomic mass is 32.2. The molecule has 1 amide bonds. The lowest BCUT2D eigenvalue weighted by molar-refractivity contribution is 0.0268. The smallest absolute Gasteiger partial charge is 0.258 e. The van der Waals surface area contributed by atoms with E-state index in [1.165, 1.54) is 24.8 Å². The molecule has 35 heavy (non-hydrogen) atoms. The van der Waals surface area contributed by atoms with Gasteiger partial charge in [-0.2, -0.15) is 4.98 Å². The number of aliphatic hydroxyl groups excluding tert-OH is 1. The first-order valence-corrected chi connectivity index (χ1v) is 13.2. The molecule has 1 saturated heterocycles. The average molecular weight is 501 g/mol. The molecule has 0 radical (unpaired) electrons. The number of aromatic nitrogens is 1. The molecule has 8 nitrogen and oxygen atoms in total. The minimum Gasteiger partial charge on any atom is -0.475 e. The van der Waals surface area contributed by atoms with Crippen LogP contribution < -0.4 is 19.7 Å². The number of benzene rings is 1. The van der Waals surface area contributed by atoms with Crippen LogP contribution in [0.1, 0.15) is 55.5 Å². The zero-order valence-electron chi connectivity index (χ0n) is 20.8. The van der Waals surface area contributed by atoms with Gasteiger partial charge in [-0.25, -0.2) is 0 Å². The Balaban J connectivity index is 1.53. The summed E-state index contributed by atoms with van der Waals surface area (Å²) >= 11 is 1.44. The Kier molecular flexibility index (Phi) is 7.78. The minimum absolute atomic E-state index is 0.0974. The van der Waals surface area contributed by atoms with E-state index in [0.29, 0.717) is 28.4 Å². The first-order valence-electron chi connectivity index (χ1n) is 12.2. The fourth-order valence-corrected chi connectivity index (χ4v) is 4.82. The van der Waals surface area contributed by atoms with Gasteiger partial charge in [-0.3, -0.25) is 4.79 Å². The molecule has 2 aromatic rings. The van der Waals surface area contributed by atoms with Crippen LogP contribution in [-0.4, -0.2) is 58.8 Å². The third-order valence-corrected chi connectivity index (χ3v) is 7.28. The Labute approximate surface area is 211 Å². The fourth-order valence-electron chi connectivity index (χ4n) is 4.34. The highest BCUT2D eigenvalue weighted by Gasteiger charge is 2.44. The zero-order valence-corrected chi connectivity index (χ0v) is 21.6. The summed E-state index contributed by atoms with van der Waals surface area (Å²) in [5.74, 6) is 1.12. The molecule has 4 N–H and O–H groups in total. The van der Waals surface area contributed by atoms with Gasteiger partial charge in [0.1, 0.15) is 12.4 Å². The molecular weight excluding hydrogens is 464 g/mol. The highest BCUT2D eigenvalue weighted by Crippen LogP contribution is 2.54. The lowest BCUT2D eigenvalue weighted by Crippen LogP contribution is -2.35. The number of carbonyl (C=O) groups excluding carboxylic acids is 1. The van der Waals surface area contributed by atoms with E-state index in [4.69, 9.17) is 9.84 Å². The fraction of sp³-hybridized carbons (Fsp3) is 0.538. The third kappa shape index (κ3) is 7.02. The number of anilines is 3. The van der Waals surface area contributed by atoms with Crippen molar-refractivity contribution in [1.29, 1.82) is 0 Å². The second kappa shape index (κ2) is 10.6. The van der Waals surface area contributed by atoms with Crippen molar-refractivity contribution in [2.75, 3.05) is 47.0 Å². The van der Waals surface area contributed by atoms with Crippen LogP contribution in [0.15, 0.2) is 30.3 Å². The molecular formula is C26H36N4O4S. The molecule has 1 aliphatic heterocycles. The number of amides is 1. The van der Waals surface area contributed by atoms with E-state index in [9.17, 15) is 9.90 Å². The Morgan fingerprint density at radius 1 is 1.20 bits per heavy atom. The van der Waals surface area contributed by atoms with Crippen LogP contribution in [0.3, 0.4) is 0 Å². The van der Waals surface area contributed by atoms with Gasteiger partial charge in [0, 0.05) is 30.6 Å². The maximum atomic E-state index is 13.4. The van der Waals surface area contributed by atoms with Crippen molar-refractivity contribution in [3.05, 3.63) is 41.5 Å². The van der Waals surface area contributed by atoms with Crippen molar-refractivity contribution in [2.24, 2.45) is 5.41 Å². The normalized spacial score (nSPS) is 16.8. The minimum atomic E-state index is -0.984. The van der Waals surface area contributed by atoms with Gasteiger partial charge in [0.15, 0.2) is 0 Å². The summed E-state index contributed by atoms with van der Waals surface area (Å²) in [6.45, 7) is 7.31. The van der Waals surface area contributed by atoms with Crippen molar-refractivity contribution in [1.82, 2.24) is 4.98 Å². The Bertz CT molecular complexity index is 1040. The molecule has 190 valence electrons. The number of ether oxygens (including phenoxy) is 1. The average Bonchev–Trinajstić information content (AvgIpc) is 3.56. The zero-order chi connectivity index (χ0) is 25.1. The van der Waals surface area contributed by atoms with Gasteiger partial charge in [-0.05, 0) is 81.7 Å². The SMILES string of the molecule is Cc1cc(NC(=O)c2ccc(NSCCO)cc2N2CCC3(CC2)CC3)nc(OCC(C)(C)O)c1. The van der Waals surface area contributed by atoms with Crippen molar-refractivity contribution in [3.8, 4) is 5.88 Å². The molecule has 1 spiro atoms. The maximum absolute atomic E-state index is 13.4. The standard InChI is InChI=1S/C26H36N4O4S/c1-18-14-22(27-23(15-18)34-17-25(2,3)33)28-24(32)20-5-4-19(29-35-13-12-31)16-21(20)30-10-8-26(6-7-26)9-11-30/h4-5,14-16,29,31,33H,6-13,17H2,1-3H3,(H,27,28,32). The first kappa shape index (κ1) is 25.6. The molecule has 9 heteroatoms. The number of hydrogen-bond donors (Lipinski definition) is 4. The van der Waals surface area contributed by atoms with Crippen LogP contribution in [0, 0.1) is 12.3 Å². The Morgan fingerprint density at radius 3 is 2.60 bits per heavy atom. The lowest BCUT2D eigenvalue weighted by atomic mass is 9.93. The number of carbonyl (C=O) groups is 1. The van der Waals surface area contributed by atoms with E-state index in [-0.39, 0.29) is 19.1 Å². The molecule has 2 fully saturated rings. The second-order valence-corrected chi connectivity index (χ2v) is 11.2. The first-order chi connectivity index (χ1) is 16.7. The number of aryl methyl sites for hydroxylation is 1. The third-order valence-electron chi connectivity index (χ3n) is 6.51. The summed E-state index contributed by atoms with van der Waals surface area (Å²) in [4.78, 5) is 20.1. The van der Waals surface area contributed by atoms with Crippen molar-refractivity contribution >= 4 is 35.0 Å². The quantitative estimate of drug-likeness (QED) is 0.284. The number of pyridine rings is 1.